The highest BCUT2D eigenvalue weighted by atomic mass is 35.5. The van der Waals surface area contributed by atoms with Gasteiger partial charge in [0.15, 0.2) is 0 Å². The van der Waals surface area contributed by atoms with Crippen LogP contribution in [0.25, 0.3) is 0 Å². The maximum absolute atomic E-state index is 11.7. The Kier molecular flexibility index (Phi) is 4.80. The number of rotatable bonds is 5. The molecule has 0 saturated carbocycles. The number of carbonyl (C=O) groups excluding carboxylic acids is 1. The monoisotopic (exact) mass is 292 g/mol. The summed E-state index contributed by atoms with van der Waals surface area (Å²) in [7, 11) is -2.48. The summed E-state index contributed by atoms with van der Waals surface area (Å²) in [4.78, 5) is 10.9. The number of hydrogen-bond acceptors (Lipinski definition) is 5. The molecule has 1 aromatic carbocycles. The van der Waals surface area contributed by atoms with E-state index in [-0.39, 0.29) is 22.9 Å². The van der Waals surface area contributed by atoms with E-state index in [0.29, 0.717) is 5.69 Å². The van der Waals surface area contributed by atoms with E-state index in [1.807, 2.05) is 0 Å². The maximum atomic E-state index is 11.7. The average Bonchev–Trinajstić information content (AvgIpc) is 2.30. The number of sulfonamides is 1. The van der Waals surface area contributed by atoms with Crippen LogP contribution in [-0.4, -0.2) is 27.2 Å². The molecule has 0 aromatic heterocycles. The molecule has 6 nitrogen and oxygen atoms in total. The first-order valence-corrected chi connectivity index (χ1v) is 6.99. The summed E-state index contributed by atoms with van der Waals surface area (Å²) in [5, 5.41) is 0.228. The topological polar surface area (TPSA) is 98.5 Å². The Balaban J connectivity index is 2.76. The number of anilines is 2. The number of benzene rings is 1. The molecule has 1 rings (SSSR count). The van der Waals surface area contributed by atoms with E-state index in [9.17, 15) is 13.2 Å². The van der Waals surface area contributed by atoms with Crippen molar-refractivity contribution in [2.75, 3.05) is 23.3 Å². The smallest absolute Gasteiger partial charge is 0.306 e. The van der Waals surface area contributed by atoms with Crippen molar-refractivity contribution < 1.29 is 17.9 Å². The lowest BCUT2D eigenvalue weighted by Crippen LogP contribution is -2.19. The van der Waals surface area contributed by atoms with Crippen LogP contribution < -0.4 is 10.5 Å². The van der Waals surface area contributed by atoms with Gasteiger partial charge in [-0.3, -0.25) is 9.52 Å². The van der Waals surface area contributed by atoms with Gasteiger partial charge in [-0.05, 0) is 18.2 Å². The molecule has 1 aromatic rings. The van der Waals surface area contributed by atoms with Crippen molar-refractivity contribution in [1.29, 1.82) is 0 Å². The third-order valence-corrected chi connectivity index (χ3v) is 3.66. The predicted octanol–water partition coefficient (Wildman–Crippen LogP) is 1.23. The molecule has 0 heterocycles. The summed E-state index contributed by atoms with van der Waals surface area (Å²) in [6.45, 7) is 0. The molecule has 0 saturated heterocycles. The predicted molar refractivity (Wildman–Crippen MR) is 69.9 cm³/mol. The van der Waals surface area contributed by atoms with E-state index in [1.165, 1.54) is 19.2 Å². The highest BCUT2D eigenvalue weighted by molar-refractivity contribution is 7.92. The molecule has 18 heavy (non-hydrogen) atoms. The van der Waals surface area contributed by atoms with E-state index in [1.54, 1.807) is 6.07 Å². The molecule has 0 atom stereocenters. The van der Waals surface area contributed by atoms with Gasteiger partial charge in [-0.1, -0.05) is 11.6 Å². The van der Waals surface area contributed by atoms with E-state index in [2.05, 4.69) is 9.46 Å². The molecule has 0 aliphatic rings. The fourth-order valence-electron chi connectivity index (χ4n) is 1.16. The van der Waals surface area contributed by atoms with Crippen molar-refractivity contribution in [3.8, 4) is 0 Å². The van der Waals surface area contributed by atoms with Gasteiger partial charge >= 0.3 is 5.97 Å². The van der Waals surface area contributed by atoms with Gasteiger partial charge in [0.1, 0.15) is 0 Å². The third-order valence-electron chi connectivity index (χ3n) is 2.06. The van der Waals surface area contributed by atoms with Crippen LogP contribution in [0.2, 0.25) is 5.02 Å². The van der Waals surface area contributed by atoms with E-state index in [4.69, 9.17) is 17.3 Å². The minimum Gasteiger partial charge on any atom is -0.469 e. The highest BCUT2D eigenvalue weighted by Gasteiger charge is 2.15. The summed E-state index contributed by atoms with van der Waals surface area (Å²) in [5.41, 5.74) is 6.08. The van der Waals surface area contributed by atoms with Gasteiger partial charge in [0.05, 0.1) is 30.0 Å². The van der Waals surface area contributed by atoms with Gasteiger partial charge < -0.3 is 10.5 Å². The number of nitrogen functional groups attached to an aromatic ring is 1. The van der Waals surface area contributed by atoms with Crippen molar-refractivity contribution in [3.63, 3.8) is 0 Å². The maximum Gasteiger partial charge on any atom is 0.306 e. The Morgan fingerprint density at radius 2 is 2.17 bits per heavy atom. The van der Waals surface area contributed by atoms with Gasteiger partial charge in [-0.2, -0.15) is 0 Å². The quantitative estimate of drug-likeness (QED) is 0.628. The van der Waals surface area contributed by atoms with Gasteiger partial charge in [-0.25, -0.2) is 8.42 Å². The zero-order chi connectivity index (χ0) is 13.8. The molecule has 0 radical (unpaired) electrons. The van der Waals surface area contributed by atoms with Crippen molar-refractivity contribution >= 4 is 39.0 Å². The lowest BCUT2D eigenvalue weighted by atomic mass is 10.3. The molecule has 8 heteroatoms. The van der Waals surface area contributed by atoms with Gasteiger partial charge in [0.25, 0.3) is 0 Å². The number of hydrogen-bond donors (Lipinski definition) is 2. The number of carbonyl (C=O) groups is 1. The Bertz CT molecular complexity index is 545. The second-order valence-corrected chi connectivity index (χ2v) is 5.74. The fraction of sp³-hybridized carbons (Fsp3) is 0.300. The second kappa shape index (κ2) is 5.92. The molecule has 0 fully saturated rings. The summed E-state index contributed by atoms with van der Waals surface area (Å²) in [5.74, 6) is -0.982. The molecular weight excluding hydrogens is 280 g/mol. The molecule has 100 valence electrons. The molecule has 0 unspecified atom stereocenters. The first-order valence-electron chi connectivity index (χ1n) is 4.96. The van der Waals surface area contributed by atoms with E-state index < -0.39 is 16.0 Å². The van der Waals surface area contributed by atoms with Crippen LogP contribution in [0.5, 0.6) is 0 Å². The van der Waals surface area contributed by atoms with Crippen molar-refractivity contribution in [2.45, 2.75) is 6.42 Å². The van der Waals surface area contributed by atoms with E-state index >= 15 is 0 Å². The minimum absolute atomic E-state index is 0.182. The van der Waals surface area contributed by atoms with Crippen molar-refractivity contribution in [3.05, 3.63) is 23.2 Å². The Labute approximate surface area is 110 Å². The highest BCUT2D eigenvalue weighted by Crippen LogP contribution is 2.25. The van der Waals surface area contributed by atoms with Crippen molar-refractivity contribution in [1.82, 2.24) is 0 Å². The normalized spacial score (nSPS) is 11.0. The Hall–Kier alpha value is -1.47. The first kappa shape index (κ1) is 14.6. The molecule has 0 spiro atoms. The number of esters is 1. The molecule has 0 bridgehead atoms. The lowest BCUT2D eigenvalue weighted by Gasteiger charge is -2.09. The first-order chi connectivity index (χ1) is 8.34. The van der Waals surface area contributed by atoms with Crippen LogP contribution in [0, 0.1) is 0 Å². The van der Waals surface area contributed by atoms with Crippen LogP contribution >= 0.6 is 11.6 Å². The van der Waals surface area contributed by atoms with Gasteiger partial charge in [0.2, 0.25) is 10.0 Å². The van der Waals surface area contributed by atoms with Crippen LogP contribution in [0.1, 0.15) is 6.42 Å². The second-order valence-electron chi connectivity index (χ2n) is 3.49. The molecule has 3 N–H and O–H groups in total. The number of methoxy groups -OCH3 is 1. The Morgan fingerprint density at radius 1 is 1.50 bits per heavy atom. The third kappa shape index (κ3) is 4.42. The fourth-order valence-corrected chi connectivity index (χ4v) is 2.42. The zero-order valence-corrected chi connectivity index (χ0v) is 11.2. The zero-order valence-electron chi connectivity index (χ0n) is 9.64. The molecule has 0 amide bonds. The molecular formula is C10H13ClN2O4S. The van der Waals surface area contributed by atoms with Crippen LogP contribution in [0.4, 0.5) is 11.4 Å². The van der Waals surface area contributed by atoms with Crippen LogP contribution in [0.15, 0.2) is 18.2 Å². The number of nitrogens with one attached hydrogen (secondary N) is 1. The molecule has 0 aliphatic carbocycles. The number of ether oxygens (including phenoxy) is 1. The summed E-state index contributed by atoms with van der Waals surface area (Å²) >= 11 is 5.82. The van der Waals surface area contributed by atoms with Gasteiger partial charge in [-0.15, -0.1) is 0 Å². The van der Waals surface area contributed by atoms with Crippen molar-refractivity contribution in [2.24, 2.45) is 0 Å². The van der Waals surface area contributed by atoms with Crippen LogP contribution in [0.3, 0.4) is 0 Å². The minimum atomic E-state index is -3.67. The van der Waals surface area contributed by atoms with E-state index in [0.717, 1.165) is 0 Å². The summed E-state index contributed by atoms with van der Waals surface area (Å²) in [6, 6.07) is 4.43. The molecule has 0 aliphatic heterocycles. The average molecular weight is 293 g/mol. The standard InChI is InChI=1S/C10H13ClN2O4S/c1-17-10(14)4-5-18(15,16)13-9-6-7(12)2-3-8(9)11/h2-3,6,13H,4-5,12H2,1H3. The number of nitrogens with two attached hydrogens (primary N) is 1. The lowest BCUT2D eigenvalue weighted by molar-refractivity contribution is -0.140. The Morgan fingerprint density at radius 3 is 2.78 bits per heavy atom. The SMILES string of the molecule is COC(=O)CCS(=O)(=O)Nc1cc(N)ccc1Cl. The van der Waals surface area contributed by atoms with Gasteiger partial charge in [0, 0.05) is 5.69 Å². The largest absolute Gasteiger partial charge is 0.469 e. The van der Waals surface area contributed by atoms with Crippen LogP contribution in [-0.2, 0) is 19.6 Å². The summed E-state index contributed by atoms with van der Waals surface area (Å²) in [6.07, 6.45) is -0.230. The number of halogens is 1. The summed E-state index contributed by atoms with van der Waals surface area (Å²) < 4.78 is 30.0.